The van der Waals surface area contributed by atoms with E-state index in [1.54, 1.807) is 0 Å². The first-order valence-electron chi connectivity index (χ1n) is 6.60. The van der Waals surface area contributed by atoms with Crippen molar-refractivity contribution in [2.45, 2.75) is 46.6 Å². The molecule has 0 saturated heterocycles. The van der Waals surface area contributed by atoms with Crippen LogP contribution in [0.3, 0.4) is 0 Å². The second kappa shape index (κ2) is 7.34. The second-order valence-electron chi connectivity index (χ2n) is 6.98. The van der Waals surface area contributed by atoms with Gasteiger partial charge in [0.1, 0.15) is 0 Å². The van der Waals surface area contributed by atoms with Crippen LogP contribution in [0.25, 0.3) is 0 Å². The smallest absolute Gasteiger partial charge is 0.0529 e. The summed E-state index contributed by atoms with van der Waals surface area (Å²) in [5.41, 5.74) is 0.383. The zero-order chi connectivity index (χ0) is 13.5. The van der Waals surface area contributed by atoms with Crippen LogP contribution in [-0.2, 0) is 4.74 Å². The van der Waals surface area contributed by atoms with E-state index in [0.717, 1.165) is 32.7 Å². The van der Waals surface area contributed by atoms with Crippen molar-refractivity contribution in [3.63, 3.8) is 0 Å². The Labute approximate surface area is 108 Å². The first kappa shape index (κ1) is 16.9. The minimum atomic E-state index is 0.183. The van der Waals surface area contributed by atoms with Crippen LogP contribution < -0.4 is 5.32 Å². The molecular formula is C14H32N2O. The minimum absolute atomic E-state index is 0.183. The summed E-state index contributed by atoms with van der Waals surface area (Å²) in [6, 6.07) is 0. The number of hydrogen-bond donors (Lipinski definition) is 1. The molecule has 0 fully saturated rings. The molecule has 0 bridgehead atoms. The van der Waals surface area contributed by atoms with E-state index in [2.05, 4.69) is 58.9 Å². The monoisotopic (exact) mass is 244 g/mol. The van der Waals surface area contributed by atoms with E-state index in [-0.39, 0.29) is 11.0 Å². The Balaban J connectivity index is 3.64. The van der Waals surface area contributed by atoms with Gasteiger partial charge in [0.25, 0.3) is 0 Å². The first-order chi connectivity index (χ1) is 7.62. The van der Waals surface area contributed by atoms with Gasteiger partial charge in [-0.1, -0.05) is 13.8 Å². The predicted molar refractivity (Wildman–Crippen MR) is 75.5 cm³/mol. The van der Waals surface area contributed by atoms with Crippen molar-refractivity contribution < 1.29 is 4.74 Å². The van der Waals surface area contributed by atoms with Crippen LogP contribution in [0.4, 0.5) is 0 Å². The topological polar surface area (TPSA) is 24.5 Å². The lowest BCUT2D eigenvalue weighted by Crippen LogP contribution is -2.43. The van der Waals surface area contributed by atoms with Crippen LogP contribution in [0.1, 0.15) is 41.0 Å². The Morgan fingerprint density at radius 3 is 2.12 bits per heavy atom. The number of rotatable bonds is 8. The minimum Gasteiger partial charge on any atom is -0.381 e. The summed E-state index contributed by atoms with van der Waals surface area (Å²) in [6.07, 6.45) is 1.11. The summed E-state index contributed by atoms with van der Waals surface area (Å²) in [5.74, 6) is 0. The molecule has 104 valence electrons. The van der Waals surface area contributed by atoms with Gasteiger partial charge in [0.15, 0.2) is 0 Å². The molecule has 0 aromatic carbocycles. The molecule has 0 aliphatic carbocycles. The Morgan fingerprint density at radius 1 is 1.06 bits per heavy atom. The van der Waals surface area contributed by atoms with Crippen molar-refractivity contribution in [2.24, 2.45) is 5.41 Å². The average Bonchev–Trinajstić information content (AvgIpc) is 2.13. The highest BCUT2D eigenvalue weighted by atomic mass is 16.5. The number of nitrogens with one attached hydrogen (secondary N) is 1. The van der Waals surface area contributed by atoms with E-state index in [4.69, 9.17) is 4.74 Å². The average molecular weight is 244 g/mol. The third-order valence-corrected chi connectivity index (χ3v) is 2.48. The fraction of sp³-hybridized carbons (Fsp3) is 1.00. The molecule has 0 atom stereocenters. The third kappa shape index (κ3) is 12.1. The van der Waals surface area contributed by atoms with Gasteiger partial charge < -0.3 is 15.0 Å². The standard InChI is InChI=1S/C14H32N2O/c1-13(2,3)15-11-14(4,5)12-17-10-8-9-16(6)7/h15H,8-12H2,1-7H3. The van der Waals surface area contributed by atoms with Gasteiger partial charge in [-0.3, -0.25) is 0 Å². The van der Waals surface area contributed by atoms with Crippen LogP contribution in [0, 0.1) is 5.41 Å². The lowest BCUT2D eigenvalue weighted by Gasteiger charge is -2.30. The van der Waals surface area contributed by atoms with Gasteiger partial charge in [-0.2, -0.15) is 0 Å². The Kier molecular flexibility index (Phi) is 7.29. The van der Waals surface area contributed by atoms with Crippen molar-refractivity contribution >= 4 is 0 Å². The van der Waals surface area contributed by atoms with Gasteiger partial charge in [0.2, 0.25) is 0 Å². The van der Waals surface area contributed by atoms with Gasteiger partial charge in [-0.15, -0.1) is 0 Å². The summed E-state index contributed by atoms with van der Waals surface area (Å²) in [7, 11) is 4.19. The Hall–Kier alpha value is -0.120. The lowest BCUT2D eigenvalue weighted by molar-refractivity contribution is 0.0550. The summed E-state index contributed by atoms with van der Waals surface area (Å²) in [4.78, 5) is 2.19. The molecular weight excluding hydrogens is 212 g/mol. The molecule has 0 radical (unpaired) electrons. The number of ether oxygens (including phenoxy) is 1. The van der Waals surface area contributed by atoms with E-state index in [0.29, 0.717) is 0 Å². The third-order valence-electron chi connectivity index (χ3n) is 2.48. The van der Waals surface area contributed by atoms with Crippen LogP contribution >= 0.6 is 0 Å². The van der Waals surface area contributed by atoms with Gasteiger partial charge >= 0.3 is 0 Å². The lowest BCUT2D eigenvalue weighted by atomic mass is 9.93. The Bertz CT molecular complexity index is 195. The molecule has 0 rings (SSSR count). The van der Waals surface area contributed by atoms with E-state index in [9.17, 15) is 0 Å². The van der Waals surface area contributed by atoms with E-state index in [1.165, 1.54) is 0 Å². The maximum Gasteiger partial charge on any atom is 0.0529 e. The van der Waals surface area contributed by atoms with Crippen LogP contribution in [0.2, 0.25) is 0 Å². The molecule has 0 heterocycles. The predicted octanol–water partition coefficient (Wildman–Crippen LogP) is 2.37. The quantitative estimate of drug-likeness (QED) is 0.663. The second-order valence-corrected chi connectivity index (χ2v) is 6.98. The van der Waals surface area contributed by atoms with E-state index >= 15 is 0 Å². The molecule has 0 aromatic rings. The number of hydrogen-bond acceptors (Lipinski definition) is 3. The van der Waals surface area contributed by atoms with E-state index < -0.39 is 0 Å². The molecule has 0 aliphatic heterocycles. The normalized spacial score (nSPS) is 13.4. The summed E-state index contributed by atoms with van der Waals surface area (Å²) in [6.45, 7) is 14.9. The fourth-order valence-electron chi connectivity index (χ4n) is 1.39. The molecule has 0 amide bonds. The SMILES string of the molecule is CN(C)CCCOCC(C)(C)CNC(C)(C)C. The molecule has 0 aliphatic rings. The molecule has 0 spiro atoms. The van der Waals surface area contributed by atoms with Crippen molar-refractivity contribution in [1.82, 2.24) is 10.2 Å². The zero-order valence-electron chi connectivity index (χ0n) is 12.9. The summed E-state index contributed by atoms with van der Waals surface area (Å²) < 4.78 is 5.75. The maximum absolute atomic E-state index is 5.75. The molecule has 0 aromatic heterocycles. The molecule has 3 heteroatoms. The zero-order valence-corrected chi connectivity index (χ0v) is 12.9. The maximum atomic E-state index is 5.75. The van der Waals surface area contributed by atoms with Crippen LogP contribution in [-0.4, -0.2) is 50.8 Å². The van der Waals surface area contributed by atoms with Crippen molar-refractivity contribution in [2.75, 3.05) is 40.4 Å². The van der Waals surface area contributed by atoms with Crippen molar-refractivity contribution in [3.8, 4) is 0 Å². The number of nitrogens with zero attached hydrogens (tertiary/aromatic N) is 1. The Morgan fingerprint density at radius 2 is 1.65 bits per heavy atom. The summed E-state index contributed by atoms with van der Waals surface area (Å²) in [5, 5.41) is 3.53. The highest BCUT2D eigenvalue weighted by Gasteiger charge is 2.20. The molecule has 1 N–H and O–H groups in total. The molecule has 0 unspecified atom stereocenters. The molecule has 3 nitrogen and oxygen atoms in total. The summed E-state index contributed by atoms with van der Waals surface area (Å²) >= 11 is 0. The van der Waals surface area contributed by atoms with Gasteiger partial charge in [0.05, 0.1) is 6.61 Å². The van der Waals surface area contributed by atoms with E-state index in [1.807, 2.05) is 0 Å². The van der Waals surface area contributed by atoms with Crippen molar-refractivity contribution in [3.05, 3.63) is 0 Å². The highest BCUT2D eigenvalue weighted by molar-refractivity contribution is 4.77. The van der Waals surface area contributed by atoms with Crippen LogP contribution in [0.15, 0.2) is 0 Å². The first-order valence-corrected chi connectivity index (χ1v) is 6.60. The van der Waals surface area contributed by atoms with Crippen molar-refractivity contribution in [1.29, 1.82) is 0 Å². The van der Waals surface area contributed by atoms with Gasteiger partial charge in [-0.25, -0.2) is 0 Å². The fourth-order valence-corrected chi connectivity index (χ4v) is 1.39. The molecule has 0 saturated carbocycles. The highest BCUT2D eigenvalue weighted by Crippen LogP contribution is 2.15. The molecule has 17 heavy (non-hydrogen) atoms. The van der Waals surface area contributed by atoms with Gasteiger partial charge in [0, 0.05) is 24.1 Å². The van der Waals surface area contributed by atoms with Crippen LogP contribution in [0.5, 0.6) is 0 Å². The largest absolute Gasteiger partial charge is 0.381 e. The van der Waals surface area contributed by atoms with Gasteiger partial charge in [-0.05, 0) is 47.8 Å².